The highest BCUT2D eigenvalue weighted by molar-refractivity contribution is 5.85. The highest BCUT2D eigenvalue weighted by atomic mass is 35.5. The summed E-state index contributed by atoms with van der Waals surface area (Å²) in [6, 6.07) is 6.72. The van der Waals surface area contributed by atoms with Gasteiger partial charge in [0, 0.05) is 26.2 Å². The summed E-state index contributed by atoms with van der Waals surface area (Å²) in [5.74, 6) is -0.191. The summed E-state index contributed by atoms with van der Waals surface area (Å²) in [5.41, 5.74) is 1.44. The number of benzene rings is 1. The number of nitrogens with one attached hydrogen (secondary N) is 1. The SMILES string of the molecule is CC1CN(CC2(C)CCNC2)CC(c2ccc(F)cc2)O1.Cl. The van der Waals surface area contributed by atoms with Crippen LogP contribution >= 0.6 is 12.4 Å². The van der Waals surface area contributed by atoms with Gasteiger partial charge in [0.1, 0.15) is 5.82 Å². The molecule has 22 heavy (non-hydrogen) atoms. The fraction of sp³-hybridized carbons (Fsp3) is 0.647. The van der Waals surface area contributed by atoms with Crippen LogP contribution in [0.1, 0.15) is 31.9 Å². The average Bonchev–Trinajstić information content (AvgIpc) is 2.85. The molecule has 2 aliphatic heterocycles. The number of nitrogens with zero attached hydrogens (tertiary/aromatic N) is 1. The van der Waals surface area contributed by atoms with Crippen molar-refractivity contribution in [2.75, 3.05) is 32.7 Å². The van der Waals surface area contributed by atoms with Crippen LogP contribution in [0.15, 0.2) is 24.3 Å². The molecular formula is C17H26ClFN2O. The zero-order valence-electron chi connectivity index (χ0n) is 13.3. The zero-order valence-corrected chi connectivity index (χ0v) is 14.2. The van der Waals surface area contributed by atoms with E-state index >= 15 is 0 Å². The van der Waals surface area contributed by atoms with Gasteiger partial charge in [0.05, 0.1) is 12.2 Å². The number of morpholine rings is 1. The minimum Gasteiger partial charge on any atom is -0.368 e. The van der Waals surface area contributed by atoms with E-state index in [0.29, 0.717) is 5.41 Å². The monoisotopic (exact) mass is 328 g/mol. The normalized spacial score (nSPS) is 32.7. The largest absolute Gasteiger partial charge is 0.368 e. The van der Waals surface area contributed by atoms with Gasteiger partial charge >= 0.3 is 0 Å². The first-order valence-corrected chi connectivity index (χ1v) is 7.88. The van der Waals surface area contributed by atoms with Crippen molar-refractivity contribution in [1.82, 2.24) is 10.2 Å². The van der Waals surface area contributed by atoms with Crippen molar-refractivity contribution in [2.45, 2.75) is 32.5 Å². The van der Waals surface area contributed by atoms with Crippen molar-refractivity contribution < 1.29 is 9.13 Å². The minimum absolute atomic E-state index is 0. The Labute approximate surface area is 138 Å². The molecule has 5 heteroatoms. The van der Waals surface area contributed by atoms with Gasteiger partial charge in [0.15, 0.2) is 0 Å². The Hall–Kier alpha value is -0.680. The molecule has 3 atom stereocenters. The summed E-state index contributed by atoms with van der Waals surface area (Å²) in [6.07, 6.45) is 1.50. The van der Waals surface area contributed by atoms with Gasteiger partial charge in [-0.25, -0.2) is 4.39 Å². The van der Waals surface area contributed by atoms with Gasteiger partial charge in [-0.1, -0.05) is 19.1 Å². The maximum absolute atomic E-state index is 13.1. The molecule has 2 fully saturated rings. The number of hydrogen-bond acceptors (Lipinski definition) is 3. The second-order valence-electron chi connectivity index (χ2n) is 6.92. The summed E-state index contributed by atoms with van der Waals surface area (Å²) < 4.78 is 19.1. The smallest absolute Gasteiger partial charge is 0.123 e. The summed E-state index contributed by atoms with van der Waals surface area (Å²) in [6.45, 7) is 9.68. The molecule has 0 radical (unpaired) electrons. The molecule has 2 heterocycles. The minimum atomic E-state index is -0.191. The van der Waals surface area contributed by atoms with E-state index in [1.807, 2.05) is 12.1 Å². The number of ether oxygens (including phenoxy) is 1. The van der Waals surface area contributed by atoms with Crippen molar-refractivity contribution in [3.05, 3.63) is 35.6 Å². The highest BCUT2D eigenvalue weighted by Gasteiger charge is 2.34. The van der Waals surface area contributed by atoms with Crippen LogP contribution in [0, 0.1) is 11.2 Å². The number of hydrogen-bond donors (Lipinski definition) is 1. The van der Waals surface area contributed by atoms with Crippen LogP contribution in [0.3, 0.4) is 0 Å². The molecule has 0 aromatic heterocycles. The molecular weight excluding hydrogens is 303 g/mol. The van der Waals surface area contributed by atoms with Crippen LogP contribution in [-0.2, 0) is 4.74 Å². The van der Waals surface area contributed by atoms with Gasteiger partial charge in [-0.2, -0.15) is 0 Å². The van der Waals surface area contributed by atoms with E-state index in [2.05, 4.69) is 24.1 Å². The molecule has 0 amide bonds. The maximum atomic E-state index is 13.1. The average molecular weight is 329 g/mol. The van der Waals surface area contributed by atoms with Crippen LogP contribution in [0.2, 0.25) is 0 Å². The summed E-state index contributed by atoms with van der Waals surface area (Å²) in [7, 11) is 0. The summed E-state index contributed by atoms with van der Waals surface area (Å²) in [5, 5.41) is 3.46. The van der Waals surface area contributed by atoms with Crippen LogP contribution < -0.4 is 5.32 Å². The number of rotatable bonds is 3. The third-order valence-electron chi connectivity index (χ3n) is 4.64. The first-order valence-electron chi connectivity index (χ1n) is 7.88. The topological polar surface area (TPSA) is 24.5 Å². The van der Waals surface area contributed by atoms with E-state index in [1.165, 1.54) is 18.6 Å². The molecule has 1 aromatic rings. The molecule has 2 aliphatic rings. The van der Waals surface area contributed by atoms with Crippen molar-refractivity contribution in [2.24, 2.45) is 5.41 Å². The Morgan fingerprint density at radius 1 is 1.32 bits per heavy atom. The summed E-state index contributed by atoms with van der Waals surface area (Å²) in [4.78, 5) is 2.51. The molecule has 0 aliphatic carbocycles. The van der Waals surface area contributed by atoms with Crippen molar-refractivity contribution >= 4 is 12.4 Å². The molecule has 0 saturated carbocycles. The quantitative estimate of drug-likeness (QED) is 0.923. The van der Waals surface area contributed by atoms with Crippen molar-refractivity contribution in [3.63, 3.8) is 0 Å². The first kappa shape index (κ1) is 17.7. The Bertz CT molecular complexity index is 476. The molecule has 124 valence electrons. The van der Waals surface area contributed by atoms with Crippen LogP contribution in [-0.4, -0.2) is 43.7 Å². The van der Waals surface area contributed by atoms with Crippen LogP contribution in [0.4, 0.5) is 4.39 Å². The molecule has 1 aromatic carbocycles. The Kier molecular flexibility index (Phi) is 5.83. The van der Waals surface area contributed by atoms with Gasteiger partial charge in [-0.05, 0) is 43.0 Å². The Morgan fingerprint density at radius 2 is 2.05 bits per heavy atom. The van der Waals surface area contributed by atoms with Crippen LogP contribution in [0.25, 0.3) is 0 Å². The molecule has 2 saturated heterocycles. The van der Waals surface area contributed by atoms with Gasteiger partial charge in [-0.15, -0.1) is 12.4 Å². The van der Waals surface area contributed by atoms with Gasteiger partial charge in [-0.3, -0.25) is 4.90 Å². The lowest BCUT2D eigenvalue weighted by molar-refractivity contribution is -0.0861. The lowest BCUT2D eigenvalue weighted by Crippen LogP contribution is -2.47. The lowest BCUT2D eigenvalue weighted by Gasteiger charge is -2.40. The second kappa shape index (κ2) is 7.26. The fourth-order valence-corrected chi connectivity index (χ4v) is 3.57. The molecule has 0 bridgehead atoms. The third-order valence-corrected chi connectivity index (χ3v) is 4.64. The first-order chi connectivity index (χ1) is 10.0. The fourth-order valence-electron chi connectivity index (χ4n) is 3.57. The van der Waals surface area contributed by atoms with E-state index in [4.69, 9.17) is 4.74 Å². The van der Waals surface area contributed by atoms with E-state index < -0.39 is 0 Å². The second-order valence-corrected chi connectivity index (χ2v) is 6.92. The molecule has 0 spiro atoms. The predicted molar refractivity (Wildman–Crippen MR) is 89.0 cm³/mol. The third kappa shape index (κ3) is 4.19. The summed E-state index contributed by atoms with van der Waals surface area (Å²) >= 11 is 0. The molecule has 3 nitrogen and oxygen atoms in total. The van der Waals surface area contributed by atoms with E-state index in [9.17, 15) is 4.39 Å². The Balaban J connectivity index is 0.00000176. The van der Waals surface area contributed by atoms with Crippen molar-refractivity contribution in [1.29, 1.82) is 0 Å². The van der Waals surface area contributed by atoms with Gasteiger partial charge in [0.25, 0.3) is 0 Å². The van der Waals surface area contributed by atoms with E-state index in [0.717, 1.165) is 38.3 Å². The molecule has 3 rings (SSSR count). The standard InChI is InChI=1S/C17H25FN2O.ClH/c1-13-9-20(12-17(2)7-8-19-11-17)10-16(21-13)14-3-5-15(18)6-4-14;/h3-6,13,16,19H,7-12H2,1-2H3;1H. The lowest BCUT2D eigenvalue weighted by atomic mass is 9.88. The van der Waals surface area contributed by atoms with Crippen LogP contribution in [0.5, 0.6) is 0 Å². The molecule has 1 N–H and O–H groups in total. The van der Waals surface area contributed by atoms with E-state index in [1.54, 1.807) is 0 Å². The zero-order chi connectivity index (χ0) is 14.9. The van der Waals surface area contributed by atoms with Gasteiger partial charge in [0.2, 0.25) is 0 Å². The van der Waals surface area contributed by atoms with E-state index in [-0.39, 0.29) is 30.4 Å². The molecule has 3 unspecified atom stereocenters. The Morgan fingerprint density at radius 3 is 2.68 bits per heavy atom. The van der Waals surface area contributed by atoms with Crippen molar-refractivity contribution in [3.8, 4) is 0 Å². The number of halogens is 2. The predicted octanol–water partition coefficient (Wildman–Crippen LogP) is 3.01. The highest BCUT2D eigenvalue weighted by Crippen LogP contribution is 2.30. The van der Waals surface area contributed by atoms with Gasteiger partial charge < -0.3 is 10.1 Å². The maximum Gasteiger partial charge on any atom is 0.123 e.